The fourth-order valence-electron chi connectivity index (χ4n) is 7.18. The van der Waals surface area contributed by atoms with Crippen LogP contribution in [0.4, 0.5) is 0 Å². The zero-order valence-corrected chi connectivity index (χ0v) is 43.1. The van der Waals surface area contributed by atoms with Gasteiger partial charge < -0.3 is 19.3 Å². The van der Waals surface area contributed by atoms with Crippen LogP contribution in [0.3, 0.4) is 0 Å². The minimum absolute atomic E-state index is 0.0259. The lowest BCUT2D eigenvalue weighted by atomic mass is 9.74. The summed E-state index contributed by atoms with van der Waals surface area (Å²) in [5.41, 5.74) is 0.452. The van der Waals surface area contributed by atoms with Gasteiger partial charge in [0, 0.05) is 66.6 Å². The van der Waals surface area contributed by atoms with Crippen molar-refractivity contribution in [3.8, 4) is 0 Å². The van der Waals surface area contributed by atoms with E-state index in [-0.39, 0.29) is 80.4 Å². The van der Waals surface area contributed by atoms with E-state index >= 15 is 0 Å². The molecule has 4 heterocycles. The van der Waals surface area contributed by atoms with Crippen molar-refractivity contribution in [1.29, 1.82) is 0 Å². The van der Waals surface area contributed by atoms with E-state index in [1.807, 2.05) is 87.8 Å². The van der Waals surface area contributed by atoms with Crippen molar-refractivity contribution < 1.29 is 38.2 Å². The van der Waals surface area contributed by atoms with Crippen LogP contribution < -0.4 is 0 Å². The number of nitrogens with zero attached hydrogens (tertiary/aromatic N) is 2. The SMILES string of the molecule is CC(C)(C)C1C=CC(=O)O1.CC(C)(C)C1CC=CC(=O)C1.CC(C)(C)C1CC=CC(=O)O1.CC(C)(C)C1CCC=CC1=O.CC(C)(C)N1CC=CC1=O.CC(C)(C)N1CCC=CC1=O. The Kier molecular flexibility index (Phi) is 21.9. The van der Waals surface area contributed by atoms with Gasteiger partial charge in [-0.2, -0.15) is 0 Å². The third kappa shape index (κ3) is 21.6. The van der Waals surface area contributed by atoms with Gasteiger partial charge in [-0.1, -0.05) is 113 Å². The summed E-state index contributed by atoms with van der Waals surface area (Å²) in [6, 6.07) is 0. The van der Waals surface area contributed by atoms with Gasteiger partial charge >= 0.3 is 11.9 Å². The van der Waals surface area contributed by atoms with Gasteiger partial charge in [0.1, 0.15) is 12.2 Å². The fraction of sp³-hybridized carbons (Fsp3) is 0.667. The fourth-order valence-corrected chi connectivity index (χ4v) is 7.18. The summed E-state index contributed by atoms with van der Waals surface area (Å²) in [6.45, 7) is 39.3. The first kappa shape index (κ1) is 57.7. The summed E-state index contributed by atoms with van der Waals surface area (Å²) in [6.07, 6.45) is 26.9. The molecular weight excluding hydrogens is 805 g/mol. The van der Waals surface area contributed by atoms with E-state index in [2.05, 4.69) is 83.1 Å². The highest BCUT2D eigenvalue weighted by molar-refractivity contribution is 5.93. The summed E-state index contributed by atoms with van der Waals surface area (Å²) in [4.78, 5) is 69.9. The number of hydrogen-bond donors (Lipinski definition) is 0. The van der Waals surface area contributed by atoms with Gasteiger partial charge in [0.15, 0.2) is 11.6 Å². The van der Waals surface area contributed by atoms with E-state index in [4.69, 9.17) is 9.47 Å². The molecular formula is C54H86N2O8. The first-order valence-electron chi connectivity index (χ1n) is 23.2. The van der Waals surface area contributed by atoms with Crippen LogP contribution in [0, 0.1) is 33.5 Å². The molecule has 0 saturated heterocycles. The number of ether oxygens (including phenoxy) is 2. The number of allylic oxidation sites excluding steroid dienone is 4. The molecule has 0 aromatic rings. The zero-order chi connectivity index (χ0) is 49.5. The van der Waals surface area contributed by atoms with Crippen molar-refractivity contribution in [2.45, 2.75) is 186 Å². The number of carbonyl (C=O) groups is 6. The Balaban J connectivity index is 0.000000384. The smallest absolute Gasteiger partial charge is 0.331 e. The molecule has 0 aromatic heterocycles. The van der Waals surface area contributed by atoms with Gasteiger partial charge in [-0.15, -0.1) is 0 Å². The van der Waals surface area contributed by atoms with Crippen LogP contribution in [0.2, 0.25) is 0 Å². The van der Waals surface area contributed by atoms with E-state index < -0.39 is 0 Å². The van der Waals surface area contributed by atoms with Gasteiger partial charge in [0.05, 0.1) is 0 Å². The van der Waals surface area contributed by atoms with E-state index in [0.29, 0.717) is 11.7 Å². The summed E-state index contributed by atoms with van der Waals surface area (Å²) >= 11 is 0. The maximum Gasteiger partial charge on any atom is 0.331 e. The third-order valence-electron chi connectivity index (χ3n) is 11.5. The molecule has 0 bridgehead atoms. The number of amides is 2. The van der Waals surface area contributed by atoms with Crippen molar-refractivity contribution in [2.75, 3.05) is 13.1 Å². The Hall–Kier alpha value is -4.34. The predicted octanol–water partition coefficient (Wildman–Crippen LogP) is 11.3. The summed E-state index contributed by atoms with van der Waals surface area (Å²) in [7, 11) is 0. The van der Waals surface area contributed by atoms with E-state index in [0.717, 1.165) is 51.6 Å². The lowest BCUT2D eigenvalue weighted by Gasteiger charge is -2.36. The average molecular weight is 891 g/mol. The largest absolute Gasteiger partial charge is 0.458 e. The number of ketones is 2. The molecule has 0 aromatic carbocycles. The lowest BCUT2D eigenvalue weighted by Crippen LogP contribution is -2.46. The first-order chi connectivity index (χ1) is 29.0. The number of esters is 2. The molecule has 10 heteroatoms. The maximum absolute atomic E-state index is 11.4. The minimum Gasteiger partial charge on any atom is -0.458 e. The molecule has 0 spiro atoms. The normalized spacial score (nSPS) is 23.3. The Bertz CT molecular complexity index is 1680. The number of hydrogen-bond acceptors (Lipinski definition) is 8. The molecule has 0 N–H and O–H groups in total. The van der Waals surface area contributed by atoms with Gasteiger partial charge in [0.25, 0.3) is 0 Å². The molecule has 4 aliphatic heterocycles. The van der Waals surface area contributed by atoms with Gasteiger partial charge in [0.2, 0.25) is 11.8 Å². The van der Waals surface area contributed by atoms with Crippen molar-refractivity contribution in [3.05, 3.63) is 72.9 Å². The predicted molar refractivity (Wildman–Crippen MR) is 260 cm³/mol. The highest BCUT2D eigenvalue weighted by atomic mass is 16.6. The molecule has 10 nitrogen and oxygen atoms in total. The zero-order valence-electron chi connectivity index (χ0n) is 43.1. The molecule has 4 atom stereocenters. The van der Waals surface area contributed by atoms with Crippen LogP contribution in [0.1, 0.15) is 163 Å². The quantitative estimate of drug-likeness (QED) is 0.220. The van der Waals surface area contributed by atoms with E-state index in [1.165, 1.54) is 12.2 Å². The van der Waals surface area contributed by atoms with Gasteiger partial charge in [-0.05, 0) is 114 Å². The molecule has 6 aliphatic rings. The summed E-state index contributed by atoms with van der Waals surface area (Å²) in [5.74, 6) is 1.22. The highest BCUT2D eigenvalue weighted by Gasteiger charge is 2.32. The first-order valence-corrected chi connectivity index (χ1v) is 23.2. The van der Waals surface area contributed by atoms with Crippen molar-refractivity contribution in [1.82, 2.24) is 9.80 Å². The maximum atomic E-state index is 11.4. The van der Waals surface area contributed by atoms with E-state index in [1.54, 1.807) is 24.3 Å². The topological polar surface area (TPSA) is 127 Å². The molecule has 0 radical (unpaired) electrons. The second kappa shape index (κ2) is 24.3. The average Bonchev–Trinajstić information content (AvgIpc) is 3.80. The van der Waals surface area contributed by atoms with Crippen LogP contribution in [0.25, 0.3) is 0 Å². The van der Waals surface area contributed by atoms with Crippen molar-refractivity contribution in [2.24, 2.45) is 33.5 Å². The van der Waals surface area contributed by atoms with Gasteiger partial charge in [-0.25, -0.2) is 9.59 Å². The summed E-state index contributed by atoms with van der Waals surface area (Å²) < 4.78 is 10.1. The van der Waals surface area contributed by atoms with Gasteiger partial charge in [-0.3, -0.25) is 19.2 Å². The molecule has 2 aliphatic carbocycles. The van der Waals surface area contributed by atoms with Crippen LogP contribution >= 0.6 is 0 Å². The monoisotopic (exact) mass is 891 g/mol. The molecule has 360 valence electrons. The standard InChI is InChI=1S/2C10H16O.C9H15NO.C9H14O2.C8H13NO.C8H12O2/c1-10(2,3)8-5-4-6-9(11)7-8;1-10(2,3)8-6-4-5-7-9(8)11;1-9(2,3)10-7-5-4-6-8(10)11;1-9(2,3)7-5-4-6-8(10)11-7;1-8(2,3)9-6-4-5-7(9)10;1-8(2,3)6-4-5-7(9)10-6/h4,6,8H,5,7H2,1-3H3;5,7-8H,4,6H2,1-3H3;4,6H,5,7H2,1-3H3;4,6-7H,5H2,1-3H3;4-5H,6H2,1-3H3;4-6H,1-3H3. The Morgan fingerprint density at radius 3 is 1.34 bits per heavy atom. The Morgan fingerprint density at radius 2 is 1.03 bits per heavy atom. The van der Waals surface area contributed by atoms with Crippen LogP contribution in [-0.4, -0.2) is 81.5 Å². The highest BCUT2D eigenvalue weighted by Crippen LogP contribution is 2.35. The third-order valence-corrected chi connectivity index (χ3v) is 11.5. The molecule has 2 amide bonds. The van der Waals surface area contributed by atoms with Crippen molar-refractivity contribution in [3.63, 3.8) is 0 Å². The Morgan fingerprint density at radius 1 is 0.500 bits per heavy atom. The second-order valence-electron chi connectivity index (χ2n) is 23.6. The van der Waals surface area contributed by atoms with Crippen LogP contribution in [-0.2, 0) is 38.2 Å². The van der Waals surface area contributed by atoms with Crippen molar-refractivity contribution >= 4 is 35.3 Å². The van der Waals surface area contributed by atoms with Crippen LogP contribution in [0.5, 0.6) is 0 Å². The second-order valence-corrected chi connectivity index (χ2v) is 23.6. The minimum atomic E-state index is -0.222. The Labute approximate surface area is 388 Å². The molecule has 6 rings (SSSR count). The molecule has 64 heavy (non-hydrogen) atoms. The molecule has 0 fully saturated rings. The van der Waals surface area contributed by atoms with Crippen LogP contribution in [0.15, 0.2) is 72.9 Å². The number of carbonyl (C=O) groups excluding carboxylic acids is 6. The number of rotatable bonds is 0. The molecule has 0 saturated carbocycles. The van der Waals surface area contributed by atoms with E-state index in [9.17, 15) is 28.8 Å². The molecule has 4 unspecified atom stereocenters. The number of cyclic esters (lactones) is 2. The summed E-state index contributed by atoms with van der Waals surface area (Å²) in [5, 5.41) is 0. The lowest BCUT2D eigenvalue weighted by molar-refractivity contribution is -0.149.